The first-order chi connectivity index (χ1) is 18.6. The molecule has 1 N–H and O–H groups in total. The van der Waals surface area contributed by atoms with Gasteiger partial charge >= 0.3 is 18.2 Å². The van der Waals surface area contributed by atoms with Gasteiger partial charge < -0.3 is 29.0 Å². The Bertz CT molecular complexity index is 1010. The van der Waals surface area contributed by atoms with Crippen LogP contribution in [0.1, 0.15) is 44.6 Å². The molecule has 0 bridgehead atoms. The van der Waals surface area contributed by atoms with E-state index in [1.807, 2.05) is 0 Å². The van der Waals surface area contributed by atoms with E-state index in [1.54, 1.807) is 55.5 Å². The summed E-state index contributed by atoms with van der Waals surface area (Å²) >= 11 is 0. The van der Waals surface area contributed by atoms with Crippen LogP contribution in [0.15, 0.2) is 48.5 Å². The molecule has 0 spiro atoms. The third kappa shape index (κ3) is 12.3. The lowest BCUT2D eigenvalue weighted by Crippen LogP contribution is -2.37. The molecule has 0 aliphatic heterocycles. The molecule has 11 heteroatoms. The Labute approximate surface area is 226 Å². The van der Waals surface area contributed by atoms with Gasteiger partial charge in [0, 0.05) is 26.0 Å². The van der Waals surface area contributed by atoms with Crippen molar-refractivity contribution < 1.29 is 46.8 Å². The maximum absolute atomic E-state index is 12.9. The number of rotatable bonds is 17. The summed E-state index contributed by atoms with van der Waals surface area (Å²) in [5, 5.41) is 9.25. The highest BCUT2D eigenvalue weighted by molar-refractivity contribution is 5.73. The van der Waals surface area contributed by atoms with Crippen molar-refractivity contribution in [3.8, 4) is 17.2 Å². The minimum absolute atomic E-state index is 0.0477. The van der Waals surface area contributed by atoms with Crippen molar-refractivity contribution in [1.82, 2.24) is 4.90 Å². The normalized spacial score (nSPS) is 12.0. The van der Waals surface area contributed by atoms with E-state index in [-0.39, 0.29) is 38.3 Å². The summed E-state index contributed by atoms with van der Waals surface area (Å²) in [7, 11) is 1.46. The van der Waals surface area contributed by atoms with Crippen molar-refractivity contribution in [2.75, 3.05) is 33.4 Å². The maximum atomic E-state index is 12.9. The molecular weight excluding hydrogens is 519 g/mol. The molecule has 0 radical (unpaired) electrons. The number of carboxylic acids is 1. The zero-order valence-electron chi connectivity index (χ0n) is 22.2. The van der Waals surface area contributed by atoms with Gasteiger partial charge in [-0.3, -0.25) is 0 Å². The van der Waals surface area contributed by atoms with Gasteiger partial charge in [-0.2, -0.15) is 13.2 Å². The molecule has 0 aromatic heterocycles. The Hall–Kier alpha value is -3.47. The molecule has 39 heavy (non-hydrogen) atoms. The minimum atomic E-state index is -4.17. The number of hydrogen-bond donors (Lipinski definition) is 1. The van der Waals surface area contributed by atoms with E-state index >= 15 is 0 Å². The average molecular weight is 556 g/mol. The fourth-order valence-electron chi connectivity index (χ4n) is 3.77. The van der Waals surface area contributed by atoms with Crippen molar-refractivity contribution >= 4 is 12.1 Å². The third-order valence-corrected chi connectivity index (χ3v) is 5.78. The number of carbonyl (C=O) groups is 2. The Balaban J connectivity index is 1.93. The molecule has 0 fully saturated rings. The van der Waals surface area contributed by atoms with Gasteiger partial charge in [0.15, 0.2) is 17.6 Å². The van der Waals surface area contributed by atoms with Crippen LogP contribution in [-0.4, -0.2) is 67.8 Å². The largest absolute Gasteiger partial charge is 0.493 e. The van der Waals surface area contributed by atoms with Crippen molar-refractivity contribution in [2.24, 2.45) is 0 Å². The zero-order chi connectivity index (χ0) is 28.7. The van der Waals surface area contributed by atoms with Crippen molar-refractivity contribution in [3.63, 3.8) is 0 Å². The molecule has 0 saturated heterocycles. The number of amides is 1. The van der Waals surface area contributed by atoms with Crippen LogP contribution in [0.25, 0.3) is 0 Å². The van der Waals surface area contributed by atoms with Crippen LogP contribution >= 0.6 is 0 Å². The summed E-state index contributed by atoms with van der Waals surface area (Å²) < 4.78 is 58.8. The fourth-order valence-corrected chi connectivity index (χ4v) is 3.77. The van der Waals surface area contributed by atoms with E-state index in [9.17, 15) is 27.9 Å². The molecule has 1 unspecified atom stereocenters. The smallest absolute Gasteiger partial charge is 0.415 e. The monoisotopic (exact) mass is 555 g/mol. The highest BCUT2D eigenvalue weighted by atomic mass is 19.4. The molecule has 0 aliphatic rings. The topological polar surface area (TPSA) is 94.5 Å². The first-order valence-corrected chi connectivity index (χ1v) is 12.9. The first kappa shape index (κ1) is 31.7. The molecule has 8 nitrogen and oxygen atoms in total. The molecule has 1 amide bonds. The van der Waals surface area contributed by atoms with Crippen LogP contribution < -0.4 is 14.2 Å². The summed E-state index contributed by atoms with van der Waals surface area (Å²) in [6, 6.07) is 13.6. The number of hydrogen-bond acceptors (Lipinski definition) is 6. The first-order valence-electron chi connectivity index (χ1n) is 12.9. The Morgan fingerprint density at radius 2 is 1.62 bits per heavy atom. The van der Waals surface area contributed by atoms with E-state index in [2.05, 4.69) is 0 Å². The van der Waals surface area contributed by atoms with Crippen LogP contribution in [0.3, 0.4) is 0 Å². The Kier molecular flexibility index (Phi) is 13.4. The van der Waals surface area contributed by atoms with E-state index in [1.165, 1.54) is 12.0 Å². The lowest BCUT2D eigenvalue weighted by atomic mass is 10.1. The van der Waals surface area contributed by atoms with E-state index < -0.39 is 30.8 Å². The highest BCUT2D eigenvalue weighted by Crippen LogP contribution is 2.27. The number of ether oxygens (including phenoxy) is 4. The van der Waals surface area contributed by atoms with Gasteiger partial charge in [0.2, 0.25) is 0 Å². The number of benzene rings is 2. The predicted molar refractivity (Wildman–Crippen MR) is 138 cm³/mol. The molecule has 216 valence electrons. The second-order valence-electron chi connectivity index (χ2n) is 8.76. The number of carbonyl (C=O) groups excluding carboxylic acids is 1. The summed E-state index contributed by atoms with van der Waals surface area (Å²) in [5.74, 6) is 0.150. The van der Waals surface area contributed by atoms with Gasteiger partial charge in [-0.15, -0.1) is 0 Å². The number of halogens is 3. The Morgan fingerprint density at radius 1 is 0.949 bits per heavy atom. The number of nitrogens with zero attached hydrogens (tertiary/aromatic N) is 1. The summed E-state index contributed by atoms with van der Waals surface area (Å²) in [4.78, 5) is 25.7. The molecule has 1 atom stereocenters. The summed E-state index contributed by atoms with van der Waals surface area (Å²) in [6.07, 6.45) is -4.82. The minimum Gasteiger partial charge on any atom is -0.493 e. The van der Waals surface area contributed by atoms with Crippen LogP contribution in [-0.2, 0) is 16.0 Å². The second kappa shape index (κ2) is 16.5. The Morgan fingerprint density at radius 3 is 2.23 bits per heavy atom. The molecule has 0 aliphatic carbocycles. The SMILES string of the molecule is CCOC(Cc1ccc(OCCN(CCCCCCC(F)(F)F)C(=O)Oc2ccccc2OC)cc1)C(=O)O. The average Bonchev–Trinajstić information content (AvgIpc) is 2.89. The lowest BCUT2D eigenvalue weighted by Gasteiger charge is -2.22. The number of carboxylic acid groups (broad SMARTS) is 1. The summed E-state index contributed by atoms with van der Waals surface area (Å²) in [5.41, 5.74) is 0.774. The zero-order valence-corrected chi connectivity index (χ0v) is 22.2. The van der Waals surface area contributed by atoms with Gasteiger partial charge in [0.1, 0.15) is 12.4 Å². The molecule has 2 aromatic carbocycles. The third-order valence-electron chi connectivity index (χ3n) is 5.78. The van der Waals surface area contributed by atoms with E-state index in [0.29, 0.717) is 37.4 Å². The standard InChI is InChI=1S/C28H36F3NO7/c1-3-37-25(26(33)34)20-21-12-14-22(15-13-21)38-19-18-32(17-9-5-4-8-16-28(29,30)31)27(35)39-24-11-7-6-10-23(24)36-2/h6-7,10-15,25H,3-5,8-9,16-20H2,1-2H3,(H,33,34). The number of unbranched alkanes of at least 4 members (excludes halogenated alkanes) is 3. The molecule has 2 aromatic rings. The van der Waals surface area contributed by atoms with Crippen LogP contribution in [0.5, 0.6) is 17.2 Å². The summed E-state index contributed by atoms with van der Waals surface area (Å²) in [6.45, 7) is 2.64. The molecule has 0 heterocycles. The van der Waals surface area contributed by atoms with E-state index in [4.69, 9.17) is 18.9 Å². The van der Waals surface area contributed by atoms with Crippen molar-refractivity contribution in [1.29, 1.82) is 0 Å². The molecule has 0 saturated carbocycles. The molecule has 2 rings (SSSR count). The number of para-hydroxylation sites is 2. The highest BCUT2D eigenvalue weighted by Gasteiger charge is 2.26. The predicted octanol–water partition coefficient (Wildman–Crippen LogP) is 6.12. The second-order valence-corrected chi connectivity index (χ2v) is 8.76. The number of alkyl halides is 3. The molecular formula is C28H36F3NO7. The van der Waals surface area contributed by atoms with Crippen LogP contribution in [0.2, 0.25) is 0 Å². The van der Waals surface area contributed by atoms with Gasteiger partial charge in [-0.05, 0) is 49.6 Å². The van der Waals surface area contributed by atoms with Gasteiger partial charge in [0.25, 0.3) is 0 Å². The van der Waals surface area contributed by atoms with Gasteiger partial charge in [-0.25, -0.2) is 9.59 Å². The van der Waals surface area contributed by atoms with Crippen molar-refractivity contribution in [2.45, 2.75) is 57.7 Å². The van der Waals surface area contributed by atoms with Gasteiger partial charge in [0.05, 0.1) is 13.7 Å². The maximum Gasteiger partial charge on any atom is 0.415 e. The van der Waals surface area contributed by atoms with Gasteiger partial charge in [-0.1, -0.05) is 37.1 Å². The van der Waals surface area contributed by atoms with E-state index in [0.717, 1.165) is 5.56 Å². The quantitative estimate of drug-likeness (QED) is 0.235. The van der Waals surface area contributed by atoms with Crippen LogP contribution in [0, 0.1) is 0 Å². The number of methoxy groups -OCH3 is 1. The van der Waals surface area contributed by atoms with Crippen molar-refractivity contribution in [3.05, 3.63) is 54.1 Å². The fraction of sp³-hybridized carbons (Fsp3) is 0.500. The lowest BCUT2D eigenvalue weighted by molar-refractivity contribution is -0.150. The number of aliphatic carboxylic acids is 1. The van der Waals surface area contributed by atoms with Crippen LogP contribution in [0.4, 0.5) is 18.0 Å².